The van der Waals surface area contributed by atoms with E-state index >= 15 is 0 Å². The summed E-state index contributed by atoms with van der Waals surface area (Å²) in [5.74, 6) is 0.805. The van der Waals surface area contributed by atoms with Crippen LogP contribution in [0.2, 0.25) is 0 Å². The maximum absolute atomic E-state index is 3.78. The largest absolute Gasteiger partial charge is 0.307 e. The molecule has 3 atom stereocenters. The molecule has 1 fully saturated rings. The third kappa shape index (κ3) is 3.56. The molecule has 0 amide bonds. The van der Waals surface area contributed by atoms with Gasteiger partial charge in [0.15, 0.2) is 0 Å². The Morgan fingerprint density at radius 3 is 3.00 bits per heavy atom. The van der Waals surface area contributed by atoms with Crippen molar-refractivity contribution in [2.45, 2.75) is 45.7 Å². The zero-order valence-electron chi connectivity index (χ0n) is 11.9. The fourth-order valence-corrected chi connectivity index (χ4v) is 3.69. The van der Waals surface area contributed by atoms with Crippen molar-refractivity contribution in [2.24, 2.45) is 5.92 Å². The first-order chi connectivity index (χ1) is 8.70. The van der Waals surface area contributed by atoms with E-state index in [1.54, 1.807) is 11.3 Å². The molecule has 2 rings (SSSR count). The maximum atomic E-state index is 3.78. The summed E-state index contributed by atoms with van der Waals surface area (Å²) in [6.07, 6.45) is 2.73. The lowest BCUT2D eigenvalue weighted by Gasteiger charge is -2.36. The molecule has 0 aliphatic carbocycles. The van der Waals surface area contributed by atoms with Crippen molar-refractivity contribution in [1.29, 1.82) is 0 Å². The lowest BCUT2D eigenvalue weighted by atomic mass is 9.91. The quantitative estimate of drug-likeness (QED) is 0.877. The first-order valence-corrected chi connectivity index (χ1v) is 8.15. The highest BCUT2D eigenvalue weighted by Crippen LogP contribution is 2.22. The van der Waals surface area contributed by atoms with Gasteiger partial charge in [0, 0.05) is 18.6 Å². The Kier molecular flexibility index (Phi) is 5.22. The number of piperidine rings is 1. The van der Waals surface area contributed by atoms with Gasteiger partial charge in [-0.3, -0.25) is 0 Å². The average Bonchev–Trinajstić information content (AvgIpc) is 2.92. The second kappa shape index (κ2) is 6.69. The first kappa shape index (κ1) is 14.0. The van der Waals surface area contributed by atoms with Gasteiger partial charge in [-0.05, 0) is 68.1 Å². The van der Waals surface area contributed by atoms with Crippen molar-refractivity contribution in [1.82, 2.24) is 10.2 Å². The van der Waals surface area contributed by atoms with Crippen LogP contribution in [0.15, 0.2) is 16.8 Å². The van der Waals surface area contributed by atoms with Crippen LogP contribution in [0.25, 0.3) is 0 Å². The van der Waals surface area contributed by atoms with E-state index in [4.69, 9.17) is 0 Å². The maximum Gasteiger partial charge on any atom is 0.0302 e. The third-order valence-corrected chi connectivity index (χ3v) is 4.95. The molecule has 3 heteroatoms. The number of hydrogen-bond donors (Lipinski definition) is 1. The Balaban J connectivity index is 1.85. The molecule has 0 aromatic carbocycles. The molecule has 18 heavy (non-hydrogen) atoms. The topological polar surface area (TPSA) is 15.3 Å². The van der Waals surface area contributed by atoms with Crippen molar-refractivity contribution in [3.8, 4) is 0 Å². The number of likely N-dealkylation sites (tertiary alicyclic amines) is 1. The molecule has 1 aliphatic rings. The van der Waals surface area contributed by atoms with Crippen LogP contribution in [-0.4, -0.2) is 30.6 Å². The predicted octanol–water partition coefficient (Wildman–Crippen LogP) is 3.52. The van der Waals surface area contributed by atoms with E-state index in [-0.39, 0.29) is 0 Å². The number of hydrogen-bond acceptors (Lipinski definition) is 3. The van der Waals surface area contributed by atoms with E-state index in [1.165, 1.54) is 38.0 Å². The number of rotatable bonds is 5. The SMILES string of the molecule is CCN1CCCC(C(C)NC(C)c2ccsc2)C1. The molecule has 1 aliphatic heterocycles. The van der Waals surface area contributed by atoms with Crippen LogP contribution in [0.4, 0.5) is 0 Å². The monoisotopic (exact) mass is 266 g/mol. The minimum atomic E-state index is 0.475. The first-order valence-electron chi connectivity index (χ1n) is 7.21. The lowest BCUT2D eigenvalue weighted by molar-refractivity contribution is 0.153. The van der Waals surface area contributed by atoms with Gasteiger partial charge in [0.25, 0.3) is 0 Å². The Morgan fingerprint density at radius 1 is 1.50 bits per heavy atom. The van der Waals surface area contributed by atoms with E-state index in [9.17, 15) is 0 Å². The molecule has 0 radical (unpaired) electrons. The van der Waals surface area contributed by atoms with Gasteiger partial charge in [-0.25, -0.2) is 0 Å². The average molecular weight is 266 g/mol. The van der Waals surface area contributed by atoms with Crippen molar-refractivity contribution in [3.05, 3.63) is 22.4 Å². The van der Waals surface area contributed by atoms with Gasteiger partial charge >= 0.3 is 0 Å². The Morgan fingerprint density at radius 2 is 2.33 bits per heavy atom. The molecule has 0 spiro atoms. The van der Waals surface area contributed by atoms with Crippen LogP contribution in [-0.2, 0) is 0 Å². The zero-order chi connectivity index (χ0) is 13.0. The predicted molar refractivity (Wildman–Crippen MR) is 80.2 cm³/mol. The van der Waals surface area contributed by atoms with Gasteiger partial charge < -0.3 is 10.2 Å². The van der Waals surface area contributed by atoms with Gasteiger partial charge in [0.05, 0.1) is 0 Å². The molecular formula is C15H26N2S. The molecule has 0 bridgehead atoms. The van der Waals surface area contributed by atoms with Crippen LogP contribution in [0.3, 0.4) is 0 Å². The molecule has 1 aromatic rings. The van der Waals surface area contributed by atoms with E-state index < -0.39 is 0 Å². The summed E-state index contributed by atoms with van der Waals surface area (Å²) in [7, 11) is 0. The van der Waals surface area contributed by atoms with E-state index in [0.29, 0.717) is 12.1 Å². The smallest absolute Gasteiger partial charge is 0.0302 e. The Hall–Kier alpha value is -0.380. The van der Waals surface area contributed by atoms with Gasteiger partial charge in [0.1, 0.15) is 0 Å². The van der Waals surface area contributed by atoms with Gasteiger partial charge in [0.2, 0.25) is 0 Å². The number of thiophene rings is 1. The highest BCUT2D eigenvalue weighted by molar-refractivity contribution is 7.07. The van der Waals surface area contributed by atoms with Crippen molar-refractivity contribution in [2.75, 3.05) is 19.6 Å². The summed E-state index contributed by atoms with van der Waals surface area (Å²) in [6, 6.07) is 3.31. The Bertz CT molecular complexity index is 336. The summed E-state index contributed by atoms with van der Waals surface area (Å²) in [4.78, 5) is 2.58. The van der Waals surface area contributed by atoms with Crippen LogP contribution in [0.1, 0.15) is 45.2 Å². The standard InChI is InChI=1S/C15H26N2S/c1-4-17-8-5-6-14(10-17)12(2)16-13(3)15-7-9-18-11-15/h7,9,11-14,16H,4-6,8,10H2,1-3H3. The summed E-state index contributed by atoms with van der Waals surface area (Å²) in [6.45, 7) is 10.7. The Labute approximate surface area is 115 Å². The van der Waals surface area contributed by atoms with Crippen molar-refractivity contribution in [3.63, 3.8) is 0 Å². The van der Waals surface area contributed by atoms with Gasteiger partial charge in [-0.2, -0.15) is 11.3 Å². The molecule has 0 saturated carbocycles. The van der Waals surface area contributed by atoms with Crippen molar-refractivity contribution >= 4 is 11.3 Å². The molecule has 1 N–H and O–H groups in total. The molecular weight excluding hydrogens is 240 g/mol. The number of nitrogens with one attached hydrogen (secondary N) is 1. The lowest BCUT2D eigenvalue weighted by Crippen LogP contribution is -2.44. The normalized spacial score (nSPS) is 24.9. The van der Waals surface area contributed by atoms with Gasteiger partial charge in [-0.1, -0.05) is 6.92 Å². The van der Waals surface area contributed by atoms with Crippen molar-refractivity contribution < 1.29 is 0 Å². The van der Waals surface area contributed by atoms with E-state index in [2.05, 4.69) is 47.8 Å². The molecule has 3 unspecified atom stereocenters. The fraction of sp³-hybridized carbons (Fsp3) is 0.733. The minimum absolute atomic E-state index is 0.475. The molecule has 1 saturated heterocycles. The molecule has 102 valence electrons. The number of nitrogens with zero attached hydrogens (tertiary/aromatic N) is 1. The van der Waals surface area contributed by atoms with Crippen LogP contribution < -0.4 is 5.32 Å². The van der Waals surface area contributed by atoms with E-state index in [1.807, 2.05) is 0 Å². The summed E-state index contributed by atoms with van der Waals surface area (Å²) in [5, 5.41) is 8.19. The third-order valence-electron chi connectivity index (χ3n) is 4.25. The van der Waals surface area contributed by atoms with E-state index in [0.717, 1.165) is 5.92 Å². The minimum Gasteiger partial charge on any atom is -0.307 e. The highest BCUT2D eigenvalue weighted by Gasteiger charge is 2.24. The second-order valence-electron chi connectivity index (χ2n) is 5.53. The zero-order valence-corrected chi connectivity index (χ0v) is 12.7. The molecule has 2 nitrogen and oxygen atoms in total. The highest BCUT2D eigenvalue weighted by atomic mass is 32.1. The fourth-order valence-electron chi connectivity index (χ4n) is 2.93. The van der Waals surface area contributed by atoms with Crippen LogP contribution in [0.5, 0.6) is 0 Å². The molecule has 2 heterocycles. The second-order valence-corrected chi connectivity index (χ2v) is 6.31. The van der Waals surface area contributed by atoms with Crippen LogP contribution >= 0.6 is 11.3 Å². The molecule has 1 aromatic heterocycles. The summed E-state index contributed by atoms with van der Waals surface area (Å²) < 4.78 is 0. The summed E-state index contributed by atoms with van der Waals surface area (Å²) >= 11 is 1.79. The van der Waals surface area contributed by atoms with Gasteiger partial charge in [-0.15, -0.1) is 0 Å². The van der Waals surface area contributed by atoms with Crippen LogP contribution in [0, 0.1) is 5.92 Å². The summed E-state index contributed by atoms with van der Waals surface area (Å²) in [5.41, 5.74) is 1.43.